The van der Waals surface area contributed by atoms with Crippen LogP contribution < -0.4 is 5.90 Å². The summed E-state index contributed by atoms with van der Waals surface area (Å²) in [5.74, 6) is 4.90. The quantitative estimate of drug-likeness (QED) is 0.570. The highest BCUT2D eigenvalue weighted by atomic mass is 16.6. The number of amides is 1. The van der Waals surface area contributed by atoms with E-state index in [9.17, 15) is 4.79 Å². The van der Waals surface area contributed by atoms with Crippen molar-refractivity contribution < 1.29 is 9.63 Å². The molecule has 1 rings (SSSR count). The maximum Gasteiger partial charge on any atom is 0.253 e. The zero-order chi connectivity index (χ0) is 8.27. The van der Waals surface area contributed by atoms with Crippen molar-refractivity contribution >= 4 is 5.91 Å². The number of hydrogen-bond donors (Lipinski definition) is 1. The molecule has 11 heavy (non-hydrogen) atoms. The Kier molecular flexibility index (Phi) is 2.84. The molecule has 2 N–H and O–H groups in total. The van der Waals surface area contributed by atoms with Crippen LogP contribution in [0.25, 0.3) is 0 Å². The summed E-state index contributed by atoms with van der Waals surface area (Å²) in [7, 11) is 0. The lowest BCUT2D eigenvalue weighted by atomic mass is 10.3. The fraction of sp³-hybridized carbons (Fsp3) is 0.857. The van der Waals surface area contributed by atoms with Gasteiger partial charge < -0.3 is 4.90 Å². The van der Waals surface area contributed by atoms with Crippen molar-refractivity contribution in [3.05, 3.63) is 0 Å². The Balaban J connectivity index is 2.39. The molecular formula is C7H14N2O2. The SMILES string of the molecule is CC(ON)C(=O)N1CCCC1. The first-order valence-electron chi connectivity index (χ1n) is 3.90. The molecule has 0 aromatic carbocycles. The Morgan fingerprint density at radius 2 is 2.09 bits per heavy atom. The number of likely N-dealkylation sites (tertiary alicyclic amines) is 1. The summed E-state index contributed by atoms with van der Waals surface area (Å²) in [5.41, 5.74) is 0. The standard InChI is InChI=1S/C7H14N2O2/c1-6(11-8)7(10)9-4-2-3-5-9/h6H,2-5,8H2,1H3. The first-order valence-corrected chi connectivity index (χ1v) is 3.90. The van der Waals surface area contributed by atoms with Crippen LogP contribution in [0.4, 0.5) is 0 Å². The van der Waals surface area contributed by atoms with Crippen LogP contribution in [0.2, 0.25) is 0 Å². The van der Waals surface area contributed by atoms with Gasteiger partial charge in [-0.3, -0.25) is 9.63 Å². The van der Waals surface area contributed by atoms with E-state index in [0.717, 1.165) is 25.9 Å². The van der Waals surface area contributed by atoms with E-state index in [1.54, 1.807) is 11.8 Å². The molecule has 1 amide bonds. The monoisotopic (exact) mass is 158 g/mol. The largest absolute Gasteiger partial charge is 0.340 e. The van der Waals surface area contributed by atoms with Crippen molar-refractivity contribution in [2.45, 2.75) is 25.9 Å². The number of carbonyl (C=O) groups excluding carboxylic acids is 1. The third kappa shape index (κ3) is 1.91. The summed E-state index contributed by atoms with van der Waals surface area (Å²) in [6.07, 6.45) is 1.71. The molecule has 1 aliphatic heterocycles. The molecular weight excluding hydrogens is 144 g/mol. The fourth-order valence-corrected chi connectivity index (χ4v) is 1.25. The van der Waals surface area contributed by atoms with E-state index in [0.29, 0.717) is 0 Å². The van der Waals surface area contributed by atoms with Gasteiger partial charge in [0.1, 0.15) is 0 Å². The van der Waals surface area contributed by atoms with Crippen LogP contribution in [0, 0.1) is 0 Å². The van der Waals surface area contributed by atoms with Crippen molar-refractivity contribution in [2.24, 2.45) is 5.90 Å². The fourth-order valence-electron chi connectivity index (χ4n) is 1.25. The zero-order valence-electron chi connectivity index (χ0n) is 6.75. The summed E-state index contributed by atoms with van der Waals surface area (Å²) >= 11 is 0. The van der Waals surface area contributed by atoms with Crippen molar-refractivity contribution in [3.8, 4) is 0 Å². The van der Waals surface area contributed by atoms with Crippen LogP contribution in [0.3, 0.4) is 0 Å². The average molecular weight is 158 g/mol. The minimum atomic E-state index is -0.493. The van der Waals surface area contributed by atoms with Crippen LogP contribution in [0.1, 0.15) is 19.8 Å². The molecule has 1 heterocycles. The Bertz CT molecular complexity index is 143. The Hall–Kier alpha value is -0.610. The van der Waals surface area contributed by atoms with Gasteiger partial charge in [0.25, 0.3) is 5.91 Å². The van der Waals surface area contributed by atoms with Gasteiger partial charge in [-0.15, -0.1) is 0 Å². The highest BCUT2D eigenvalue weighted by Gasteiger charge is 2.22. The molecule has 1 unspecified atom stereocenters. The van der Waals surface area contributed by atoms with E-state index in [-0.39, 0.29) is 5.91 Å². The van der Waals surface area contributed by atoms with E-state index in [1.165, 1.54) is 0 Å². The molecule has 0 aromatic heterocycles. The Labute approximate surface area is 66.3 Å². The van der Waals surface area contributed by atoms with Gasteiger partial charge in [-0.25, -0.2) is 5.90 Å². The topological polar surface area (TPSA) is 55.6 Å². The normalized spacial score (nSPS) is 20.4. The molecule has 1 atom stereocenters. The second-order valence-corrected chi connectivity index (χ2v) is 2.81. The lowest BCUT2D eigenvalue weighted by Crippen LogP contribution is -2.38. The molecule has 0 spiro atoms. The van der Waals surface area contributed by atoms with Gasteiger partial charge in [-0.05, 0) is 19.8 Å². The van der Waals surface area contributed by atoms with Crippen LogP contribution in [-0.4, -0.2) is 30.0 Å². The molecule has 4 nitrogen and oxygen atoms in total. The van der Waals surface area contributed by atoms with Crippen LogP contribution in [0.5, 0.6) is 0 Å². The van der Waals surface area contributed by atoms with Gasteiger partial charge in [0.2, 0.25) is 0 Å². The lowest BCUT2D eigenvalue weighted by molar-refractivity contribution is -0.141. The van der Waals surface area contributed by atoms with E-state index >= 15 is 0 Å². The molecule has 4 heteroatoms. The van der Waals surface area contributed by atoms with Crippen molar-refractivity contribution in [3.63, 3.8) is 0 Å². The van der Waals surface area contributed by atoms with Gasteiger partial charge in [0, 0.05) is 13.1 Å². The number of nitrogens with two attached hydrogens (primary N) is 1. The second-order valence-electron chi connectivity index (χ2n) is 2.81. The minimum absolute atomic E-state index is 0.00463. The summed E-state index contributed by atoms with van der Waals surface area (Å²) in [6, 6.07) is 0. The predicted octanol–water partition coefficient (Wildman–Crippen LogP) is -0.112. The highest BCUT2D eigenvalue weighted by Crippen LogP contribution is 2.09. The van der Waals surface area contributed by atoms with E-state index < -0.39 is 6.10 Å². The first kappa shape index (κ1) is 8.49. The zero-order valence-corrected chi connectivity index (χ0v) is 6.75. The number of hydrogen-bond acceptors (Lipinski definition) is 3. The molecule has 1 fully saturated rings. The molecule has 0 radical (unpaired) electrons. The maximum absolute atomic E-state index is 11.3. The second kappa shape index (κ2) is 3.69. The van der Waals surface area contributed by atoms with Crippen LogP contribution in [0.15, 0.2) is 0 Å². The minimum Gasteiger partial charge on any atom is -0.340 e. The average Bonchev–Trinajstić information content (AvgIpc) is 2.53. The molecule has 0 aliphatic carbocycles. The molecule has 64 valence electrons. The third-order valence-corrected chi connectivity index (χ3v) is 1.97. The van der Waals surface area contributed by atoms with Gasteiger partial charge in [0.05, 0.1) is 0 Å². The van der Waals surface area contributed by atoms with Crippen LogP contribution >= 0.6 is 0 Å². The van der Waals surface area contributed by atoms with Crippen molar-refractivity contribution in [2.75, 3.05) is 13.1 Å². The van der Waals surface area contributed by atoms with Crippen molar-refractivity contribution in [1.82, 2.24) is 4.90 Å². The van der Waals surface area contributed by atoms with Gasteiger partial charge in [-0.1, -0.05) is 0 Å². The number of rotatable bonds is 2. The molecule has 1 aliphatic rings. The van der Waals surface area contributed by atoms with E-state index in [1.807, 2.05) is 0 Å². The molecule has 0 aromatic rings. The molecule has 0 bridgehead atoms. The summed E-state index contributed by atoms with van der Waals surface area (Å²) in [4.78, 5) is 17.5. The van der Waals surface area contributed by atoms with Gasteiger partial charge in [-0.2, -0.15) is 0 Å². The van der Waals surface area contributed by atoms with Crippen molar-refractivity contribution in [1.29, 1.82) is 0 Å². The smallest absolute Gasteiger partial charge is 0.253 e. The maximum atomic E-state index is 11.3. The third-order valence-electron chi connectivity index (χ3n) is 1.97. The van der Waals surface area contributed by atoms with E-state index in [4.69, 9.17) is 5.90 Å². The number of carbonyl (C=O) groups is 1. The van der Waals surface area contributed by atoms with Gasteiger partial charge in [0.15, 0.2) is 6.10 Å². The Morgan fingerprint density at radius 1 is 1.55 bits per heavy atom. The first-order chi connectivity index (χ1) is 5.25. The summed E-state index contributed by atoms with van der Waals surface area (Å²) in [6.45, 7) is 3.37. The predicted molar refractivity (Wildman–Crippen MR) is 40.5 cm³/mol. The molecule has 1 saturated heterocycles. The summed E-state index contributed by atoms with van der Waals surface area (Å²) < 4.78 is 0. The van der Waals surface area contributed by atoms with E-state index in [2.05, 4.69) is 4.84 Å². The Morgan fingerprint density at radius 3 is 2.55 bits per heavy atom. The number of nitrogens with zero attached hydrogens (tertiary/aromatic N) is 1. The summed E-state index contributed by atoms with van der Waals surface area (Å²) in [5, 5.41) is 0. The molecule has 0 saturated carbocycles. The van der Waals surface area contributed by atoms with Crippen LogP contribution in [-0.2, 0) is 9.63 Å². The highest BCUT2D eigenvalue weighted by molar-refractivity contribution is 5.80. The lowest BCUT2D eigenvalue weighted by Gasteiger charge is -2.18. The van der Waals surface area contributed by atoms with Gasteiger partial charge >= 0.3 is 0 Å².